The number of benzene rings is 2. The van der Waals surface area contributed by atoms with Crippen LogP contribution in [0.15, 0.2) is 66.9 Å². The van der Waals surface area contributed by atoms with Crippen molar-refractivity contribution in [2.24, 2.45) is 0 Å². The molecule has 7 nitrogen and oxygen atoms in total. The number of fused-ring (bicyclic) bond motifs is 2. The third-order valence-corrected chi connectivity index (χ3v) is 5.17. The highest BCUT2D eigenvalue weighted by atomic mass is 19.4. The molecule has 0 fully saturated rings. The Morgan fingerprint density at radius 2 is 1.82 bits per heavy atom. The number of rotatable bonds is 4. The molecule has 0 aliphatic carbocycles. The van der Waals surface area contributed by atoms with Gasteiger partial charge < -0.3 is 5.32 Å². The van der Waals surface area contributed by atoms with Crippen LogP contribution in [0.25, 0.3) is 16.4 Å². The number of aryl methyl sites for hydroxylation is 1. The lowest BCUT2D eigenvalue weighted by Gasteiger charge is -2.09. The Hall–Kier alpha value is -4.21. The molecular formula is C23H17F3N6O. The number of alkyl halides is 3. The first-order valence-electron chi connectivity index (χ1n) is 10.0. The van der Waals surface area contributed by atoms with E-state index in [4.69, 9.17) is 0 Å². The van der Waals surface area contributed by atoms with Crippen LogP contribution < -0.4 is 5.32 Å². The van der Waals surface area contributed by atoms with E-state index in [1.54, 1.807) is 16.9 Å². The molecule has 0 saturated heterocycles. The molecular weight excluding hydrogens is 433 g/mol. The second-order valence-electron chi connectivity index (χ2n) is 7.57. The maximum absolute atomic E-state index is 13.3. The number of nitrogens with one attached hydrogen (secondary N) is 1. The molecule has 0 aliphatic heterocycles. The van der Waals surface area contributed by atoms with Gasteiger partial charge in [-0.1, -0.05) is 42.5 Å². The normalized spacial score (nSPS) is 11.9. The van der Waals surface area contributed by atoms with Crippen LogP contribution in [-0.2, 0) is 12.7 Å². The molecule has 0 saturated carbocycles. The number of aromatic nitrogens is 5. The van der Waals surface area contributed by atoms with E-state index in [-0.39, 0.29) is 22.9 Å². The molecule has 33 heavy (non-hydrogen) atoms. The molecule has 10 heteroatoms. The van der Waals surface area contributed by atoms with Crippen molar-refractivity contribution < 1.29 is 18.0 Å². The molecule has 5 rings (SSSR count). The minimum absolute atomic E-state index is 0.0611. The van der Waals surface area contributed by atoms with Crippen LogP contribution in [-0.4, -0.2) is 30.3 Å². The summed E-state index contributed by atoms with van der Waals surface area (Å²) in [7, 11) is 0. The molecule has 0 spiro atoms. The summed E-state index contributed by atoms with van der Waals surface area (Å²) in [5.41, 5.74) is -0.0102. The van der Waals surface area contributed by atoms with Gasteiger partial charge in [-0.2, -0.15) is 23.4 Å². The molecule has 0 aliphatic rings. The van der Waals surface area contributed by atoms with Gasteiger partial charge in [0, 0.05) is 24.0 Å². The summed E-state index contributed by atoms with van der Waals surface area (Å²) in [5, 5.41) is 13.0. The van der Waals surface area contributed by atoms with Gasteiger partial charge in [-0.05, 0) is 29.3 Å². The van der Waals surface area contributed by atoms with Crippen LogP contribution in [0.4, 0.5) is 19.0 Å². The predicted octanol–water partition coefficient (Wildman–Crippen LogP) is 4.71. The Morgan fingerprint density at radius 3 is 2.64 bits per heavy atom. The van der Waals surface area contributed by atoms with Gasteiger partial charge in [0.15, 0.2) is 17.2 Å². The van der Waals surface area contributed by atoms with Crippen LogP contribution in [0.5, 0.6) is 0 Å². The van der Waals surface area contributed by atoms with Gasteiger partial charge in [0.05, 0.1) is 6.54 Å². The summed E-state index contributed by atoms with van der Waals surface area (Å²) in [6.07, 6.45) is -2.92. The highest BCUT2D eigenvalue weighted by molar-refractivity contribution is 6.02. The molecule has 0 atom stereocenters. The van der Waals surface area contributed by atoms with Crippen molar-refractivity contribution in [2.45, 2.75) is 19.6 Å². The molecule has 0 radical (unpaired) electrons. The highest BCUT2D eigenvalue weighted by Gasteiger charge is 2.35. The smallest absolute Gasteiger partial charge is 0.304 e. The SMILES string of the molecule is Cc1cc(C(F)(F)F)n2nc(C(=O)Nc3ccn(Cc4cccc5ccccc45)n3)cc2n1. The van der Waals surface area contributed by atoms with E-state index in [1.165, 1.54) is 13.0 Å². The zero-order valence-electron chi connectivity index (χ0n) is 17.3. The standard InChI is InChI=1S/C23H17F3N6O/c1-14-11-19(23(24,25)26)32-21(27-14)12-18(29-32)22(33)28-20-9-10-31(30-20)13-16-7-4-6-15-5-2-3-8-17(15)16/h2-12H,13H2,1H3,(H,28,30,33). The maximum Gasteiger partial charge on any atom is 0.433 e. The predicted molar refractivity (Wildman–Crippen MR) is 116 cm³/mol. The molecule has 0 unspecified atom stereocenters. The summed E-state index contributed by atoms with van der Waals surface area (Å²) in [6.45, 7) is 1.94. The Labute approximate surface area is 185 Å². The number of hydrogen-bond acceptors (Lipinski definition) is 4. The van der Waals surface area contributed by atoms with E-state index in [0.717, 1.165) is 22.4 Å². The van der Waals surface area contributed by atoms with E-state index in [2.05, 4.69) is 20.5 Å². The lowest BCUT2D eigenvalue weighted by molar-refractivity contribution is -0.142. The highest BCUT2D eigenvalue weighted by Crippen LogP contribution is 2.30. The van der Waals surface area contributed by atoms with Crippen molar-refractivity contribution in [3.63, 3.8) is 0 Å². The molecule has 3 aromatic heterocycles. The monoisotopic (exact) mass is 450 g/mol. The minimum Gasteiger partial charge on any atom is -0.304 e. The minimum atomic E-state index is -4.63. The number of carbonyl (C=O) groups is 1. The summed E-state index contributed by atoms with van der Waals surface area (Å²) in [4.78, 5) is 16.7. The van der Waals surface area contributed by atoms with Crippen LogP contribution in [0, 0.1) is 6.92 Å². The second kappa shape index (κ2) is 7.73. The fourth-order valence-corrected chi connectivity index (χ4v) is 3.71. The largest absolute Gasteiger partial charge is 0.433 e. The molecule has 166 valence electrons. The lowest BCUT2D eigenvalue weighted by Crippen LogP contribution is -2.16. The Balaban J connectivity index is 1.37. The van der Waals surface area contributed by atoms with Gasteiger partial charge in [-0.15, -0.1) is 0 Å². The van der Waals surface area contributed by atoms with Gasteiger partial charge in [0.25, 0.3) is 5.91 Å². The Bertz CT molecular complexity index is 1500. The summed E-state index contributed by atoms with van der Waals surface area (Å²) in [6, 6.07) is 17.7. The van der Waals surface area contributed by atoms with E-state index in [1.807, 2.05) is 42.5 Å². The van der Waals surface area contributed by atoms with Crippen molar-refractivity contribution in [2.75, 3.05) is 5.32 Å². The second-order valence-corrected chi connectivity index (χ2v) is 7.57. The summed E-state index contributed by atoms with van der Waals surface area (Å²) >= 11 is 0. The third kappa shape index (κ3) is 4.02. The number of nitrogens with zero attached hydrogens (tertiary/aromatic N) is 5. The maximum atomic E-state index is 13.3. The van der Waals surface area contributed by atoms with E-state index < -0.39 is 17.8 Å². The molecule has 5 aromatic rings. The van der Waals surface area contributed by atoms with Gasteiger partial charge >= 0.3 is 6.18 Å². The number of amides is 1. The van der Waals surface area contributed by atoms with Crippen molar-refractivity contribution in [1.29, 1.82) is 0 Å². The van der Waals surface area contributed by atoms with Crippen molar-refractivity contribution in [3.8, 4) is 0 Å². The van der Waals surface area contributed by atoms with Gasteiger partial charge in [-0.25, -0.2) is 9.50 Å². The van der Waals surface area contributed by atoms with Crippen LogP contribution >= 0.6 is 0 Å². The van der Waals surface area contributed by atoms with Crippen molar-refractivity contribution >= 4 is 28.1 Å². The number of carbonyl (C=O) groups excluding carboxylic acids is 1. The lowest BCUT2D eigenvalue weighted by atomic mass is 10.0. The first-order valence-corrected chi connectivity index (χ1v) is 10.0. The molecule has 0 bridgehead atoms. The van der Waals surface area contributed by atoms with Gasteiger partial charge in [0.1, 0.15) is 5.69 Å². The van der Waals surface area contributed by atoms with Crippen LogP contribution in [0.3, 0.4) is 0 Å². The third-order valence-electron chi connectivity index (χ3n) is 5.17. The average Bonchev–Trinajstić information content (AvgIpc) is 3.39. The zero-order valence-corrected chi connectivity index (χ0v) is 17.3. The molecule has 3 heterocycles. The van der Waals surface area contributed by atoms with Crippen LogP contribution in [0.2, 0.25) is 0 Å². The first kappa shape index (κ1) is 20.7. The van der Waals surface area contributed by atoms with Crippen molar-refractivity contribution in [3.05, 3.63) is 89.5 Å². The number of halogens is 3. The summed E-state index contributed by atoms with van der Waals surface area (Å²) < 4.78 is 42.3. The quantitative estimate of drug-likeness (QED) is 0.430. The van der Waals surface area contributed by atoms with Gasteiger partial charge in [0.2, 0.25) is 0 Å². The molecule has 2 aromatic carbocycles. The topological polar surface area (TPSA) is 77.1 Å². The first-order chi connectivity index (χ1) is 15.8. The Kier molecular flexibility index (Phi) is 4.85. The number of hydrogen-bond donors (Lipinski definition) is 1. The Morgan fingerprint density at radius 1 is 1.03 bits per heavy atom. The van der Waals surface area contributed by atoms with E-state index >= 15 is 0 Å². The van der Waals surface area contributed by atoms with Crippen molar-refractivity contribution in [1.82, 2.24) is 24.4 Å². The van der Waals surface area contributed by atoms with E-state index in [9.17, 15) is 18.0 Å². The number of anilines is 1. The zero-order chi connectivity index (χ0) is 23.2. The average molecular weight is 450 g/mol. The van der Waals surface area contributed by atoms with Crippen LogP contribution in [0.1, 0.15) is 27.4 Å². The summed E-state index contributed by atoms with van der Waals surface area (Å²) in [5.74, 6) is -0.417. The fourth-order valence-electron chi connectivity index (χ4n) is 3.71. The molecule has 1 N–H and O–H groups in total. The molecule has 1 amide bonds. The fraction of sp³-hybridized carbons (Fsp3) is 0.130. The van der Waals surface area contributed by atoms with E-state index in [0.29, 0.717) is 11.1 Å². The van der Waals surface area contributed by atoms with Gasteiger partial charge in [-0.3, -0.25) is 9.48 Å².